The summed E-state index contributed by atoms with van der Waals surface area (Å²) in [5, 5.41) is 12.4. The van der Waals surface area contributed by atoms with Crippen LogP contribution in [0.4, 0.5) is 5.69 Å². The molecule has 1 aliphatic heterocycles. The van der Waals surface area contributed by atoms with Crippen molar-refractivity contribution in [2.75, 3.05) is 31.1 Å². The number of hydrogen-bond acceptors (Lipinski definition) is 3. The molecule has 0 spiro atoms. The van der Waals surface area contributed by atoms with Gasteiger partial charge >= 0.3 is 0 Å². The Morgan fingerprint density at radius 2 is 1.77 bits per heavy atom. The second-order valence-corrected chi connectivity index (χ2v) is 7.12. The molecule has 1 aromatic rings. The van der Waals surface area contributed by atoms with Gasteiger partial charge in [0.2, 0.25) is 0 Å². The number of quaternary nitrogens is 1. The van der Waals surface area contributed by atoms with E-state index in [2.05, 4.69) is 10.2 Å². The van der Waals surface area contributed by atoms with Crippen LogP contribution in [0.25, 0.3) is 0 Å². The molecule has 0 saturated carbocycles. The second kappa shape index (κ2) is 6.57. The van der Waals surface area contributed by atoms with E-state index in [-0.39, 0.29) is 17.5 Å². The molecule has 0 radical (unpaired) electrons. The largest absolute Gasteiger partial charge is 0.508 e. The highest BCUT2D eigenvalue weighted by molar-refractivity contribution is 5.80. The maximum absolute atomic E-state index is 12.3. The highest BCUT2D eigenvalue weighted by Gasteiger charge is 2.30. The Morgan fingerprint density at radius 3 is 2.27 bits per heavy atom. The standard InChI is InChI=1S/C17H27N3O2/c1-13(16(22)18-17(2,3)4)19-9-11-20(12-10-19)14-5-7-15(21)8-6-14/h5-8,13,21H,9-12H2,1-4H3,(H,18,22)/p+1/t13-/m1/s1. The number of nitrogens with one attached hydrogen (secondary N) is 2. The molecule has 1 amide bonds. The summed E-state index contributed by atoms with van der Waals surface area (Å²) in [6.07, 6.45) is 0. The van der Waals surface area contributed by atoms with Gasteiger partial charge in [0, 0.05) is 11.2 Å². The SMILES string of the molecule is C[C@H](C(=O)NC(C)(C)C)[NH+]1CCN(c2ccc(O)cc2)CC1. The number of aromatic hydroxyl groups is 1. The van der Waals surface area contributed by atoms with Crippen molar-refractivity contribution in [2.45, 2.75) is 39.3 Å². The zero-order valence-electron chi connectivity index (χ0n) is 14.0. The average molecular weight is 306 g/mol. The molecule has 1 aromatic carbocycles. The summed E-state index contributed by atoms with van der Waals surface area (Å²) in [6.45, 7) is 11.8. The molecule has 1 aliphatic rings. The van der Waals surface area contributed by atoms with Gasteiger partial charge in [0.1, 0.15) is 5.75 Å². The van der Waals surface area contributed by atoms with E-state index in [9.17, 15) is 9.90 Å². The third kappa shape index (κ3) is 4.37. The number of hydrogen-bond donors (Lipinski definition) is 3. The zero-order valence-corrected chi connectivity index (χ0v) is 14.0. The fourth-order valence-corrected chi connectivity index (χ4v) is 2.81. The molecule has 22 heavy (non-hydrogen) atoms. The zero-order chi connectivity index (χ0) is 16.3. The fourth-order valence-electron chi connectivity index (χ4n) is 2.81. The van der Waals surface area contributed by atoms with Gasteiger partial charge in [-0.2, -0.15) is 0 Å². The summed E-state index contributed by atoms with van der Waals surface area (Å²) in [4.78, 5) is 15.9. The van der Waals surface area contributed by atoms with Gasteiger partial charge in [-0.1, -0.05) is 0 Å². The topological polar surface area (TPSA) is 57.0 Å². The number of piperazine rings is 1. The highest BCUT2D eigenvalue weighted by atomic mass is 16.3. The van der Waals surface area contributed by atoms with Crippen LogP contribution in [-0.4, -0.2) is 48.8 Å². The van der Waals surface area contributed by atoms with Crippen molar-refractivity contribution in [3.05, 3.63) is 24.3 Å². The molecular formula is C17H28N3O2+. The summed E-state index contributed by atoms with van der Waals surface area (Å²) in [5.41, 5.74) is 0.946. The van der Waals surface area contributed by atoms with Crippen molar-refractivity contribution >= 4 is 11.6 Å². The van der Waals surface area contributed by atoms with Gasteiger partial charge in [-0.3, -0.25) is 4.79 Å². The third-order valence-electron chi connectivity index (χ3n) is 4.12. The molecule has 5 heteroatoms. The van der Waals surface area contributed by atoms with Gasteiger partial charge in [0.05, 0.1) is 26.2 Å². The minimum atomic E-state index is -0.182. The number of benzene rings is 1. The predicted octanol–water partition coefficient (Wildman–Crippen LogP) is 0.400. The summed E-state index contributed by atoms with van der Waals surface area (Å²) in [7, 11) is 0. The van der Waals surface area contributed by atoms with E-state index in [1.807, 2.05) is 39.8 Å². The lowest BCUT2D eigenvalue weighted by Gasteiger charge is -2.36. The lowest BCUT2D eigenvalue weighted by molar-refractivity contribution is -0.914. The second-order valence-electron chi connectivity index (χ2n) is 7.12. The monoisotopic (exact) mass is 306 g/mol. The van der Waals surface area contributed by atoms with Crippen LogP contribution in [0, 0.1) is 0 Å². The van der Waals surface area contributed by atoms with Crippen molar-refractivity contribution in [1.82, 2.24) is 5.32 Å². The van der Waals surface area contributed by atoms with Crippen LogP contribution in [-0.2, 0) is 4.79 Å². The molecule has 0 unspecified atom stereocenters. The van der Waals surface area contributed by atoms with Crippen molar-refractivity contribution in [1.29, 1.82) is 0 Å². The van der Waals surface area contributed by atoms with E-state index < -0.39 is 0 Å². The number of carbonyl (C=O) groups is 1. The molecule has 0 aromatic heterocycles. The van der Waals surface area contributed by atoms with Crippen molar-refractivity contribution < 1.29 is 14.8 Å². The smallest absolute Gasteiger partial charge is 0.278 e. The van der Waals surface area contributed by atoms with Crippen LogP contribution in [0.15, 0.2) is 24.3 Å². The van der Waals surface area contributed by atoms with Gasteiger partial charge in [-0.05, 0) is 52.0 Å². The van der Waals surface area contributed by atoms with Crippen LogP contribution in [0.2, 0.25) is 0 Å². The minimum absolute atomic E-state index is 0.0267. The molecule has 1 heterocycles. The predicted molar refractivity (Wildman–Crippen MR) is 88.4 cm³/mol. The van der Waals surface area contributed by atoms with Crippen LogP contribution in [0.1, 0.15) is 27.7 Å². The van der Waals surface area contributed by atoms with Crippen LogP contribution in [0.5, 0.6) is 5.75 Å². The molecule has 0 bridgehead atoms. The normalized spacial score (nSPS) is 18.1. The third-order valence-corrected chi connectivity index (χ3v) is 4.12. The van der Waals surface area contributed by atoms with Crippen LogP contribution < -0.4 is 15.1 Å². The van der Waals surface area contributed by atoms with Gasteiger partial charge in [-0.15, -0.1) is 0 Å². The van der Waals surface area contributed by atoms with E-state index in [1.165, 1.54) is 4.90 Å². The van der Waals surface area contributed by atoms with Crippen LogP contribution in [0.3, 0.4) is 0 Å². The Balaban J connectivity index is 1.88. The lowest BCUT2D eigenvalue weighted by atomic mass is 10.1. The molecule has 0 aliphatic carbocycles. The minimum Gasteiger partial charge on any atom is -0.508 e. The number of nitrogens with zero attached hydrogens (tertiary/aromatic N) is 1. The number of anilines is 1. The Morgan fingerprint density at radius 1 is 1.23 bits per heavy atom. The Bertz CT molecular complexity index is 500. The first-order valence-electron chi connectivity index (χ1n) is 7.97. The summed E-state index contributed by atoms with van der Waals surface area (Å²) in [6, 6.07) is 7.29. The summed E-state index contributed by atoms with van der Waals surface area (Å²) < 4.78 is 0. The number of carbonyl (C=O) groups excluding carboxylic acids is 1. The Kier molecular flexibility index (Phi) is 4.96. The number of rotatable bonds is 3. The molecule has 1 saturated heterocycles. The average Bonchev–Trinajstić information content (AvgIpc) is 2.46. The first-order chi connectivity index (χ1) is 10.3. The molecule has 1 fully saturated rings. The summed E-state index contributed by atoms with van der Waals surface area (Å²) in [5.74, 6) is 0.418. The molecule has 2 rings (SSSR count). The first kappa shape index (κ1) is 16.6. The summed E-state index contributed by atoms with van der Waals surface area (Å²) >= 11 is 0. The Hall–Kier alpha value is -1.75. The Labute approximate surface area is 132 Å². The van der Waals surface area contributed by atoms with Gasteiger partial charge < -0.3 is 20.2 Å². The van der Waals surface area contributed by atoms with Crippen molar-refractivity contribution in [3.8, 4) is 5.75 Å². The molecule has 1 atom stereocenters. The highest BCUT2D eigenvalue weighted by Crippen LogP contribution is 2.18. The van der Waals surface area contributed by atoms with Gasteiger partial charge in [0.15, 0.2) is 6.04 Å². The van der Waals surface area contributed by atoms with E-state index in [4.69, 9.17) is 0 Å². The van der Waals surface area contributed by atoms with E-state index >= 15 is 0 Å². The molecule has 3 N–H and O–H groups in total. The number of phenolic OH excluding ortho intramolecular Hbond substituents is 1. The molecular weight excluding hydrogens is 278 g/mol. The lowest BCUT2D eigenvalue weighted by Crippen LogP contribution is -3.19. The first-order valence-corrected chi connectivity index (χ1v) is 7.97. The molecule has 122 valence electrons. The van der Waals surface area contributed by atoms with Gasteiger partial charge in [0.25, 0.3) is 5.91 Å². The van der Waals surface area contributed by atoms with E-state index in [0.29, 0.717) is 5.75 Å². The van der Waals surface area contributed by atoms with Crippen molar-refractivity contribution in [2.24, 2.45) is 0 Å². The molecule has 5 nitrogen and oxygen atoms in total. The number of amides is 1. The number of phenols is 1. The maximum Gasteiger partial charge on any atom is 0.278 e. The van der Waals surface area contributed by atoms with Crippen molar-refractivity contribution in [3.63, 3.8) is 0 Å². The quantitative estimate of drug-likeness (QED) is 0.758. The van der Waals surface area contributed by atoms with E-state index in [1.54, 1.807) is 12.1 Å². The maximum atomic E-state index is 12.3. The van der Waals surface area contributed by atoms with E-state index in [0.717, 1.165) is 31.9 Å². The van der Waals surface area contributed by atoms with Gasteiger partial charge in [-0.25, -0.2) is 0 Å². The van der Waals surface area contributed by atoms with Crippen LogP contribution >= 0.6 is 0 Å². The fraction of sp³-hybridized carbons (Fsp3) is 0.588.